The third-order valence-corrected chi connectivity index (χ3v) is 3.43. The molecule has 2 heterocycles. The fourth-order valence-corrected chi connectivity index (χ4v) is 2.38. The Labute approximate surface area is 106 Å². The topological polar surface area (TPSA) is 102 Å². The largest absolute Gasteiger partial charge is 0.481 e. The summed E-state index contributed by atoms with van der Waals surface area (Å²) in [5.74, 6) is -0.787. The molecule has 0 bridgehead atoms. The van der Waals surface area contributed by atoms with Crippen LogP contribution in [-0.4, -0.2) is 40.1 Å². The van der Waals surface area contributed by atoms with Gasteiger partial charge in [0, 0.05) is 30.1 Å². The zero-order valence-corrected chi connectivity index (χ0v) is 10.3. The lowest BCUT2D eigenvalue weighted by atomic mass is 9.97. The number of urea groups is 1. The number of nitrogens with one attached hydrogen (secondary N) is 2. The quantitative estimate of drug-likeness (QED) is 0.720. The molecule has 1 aromatic rings. The van der Waals surface area contributed by atoms with Crippen LogP contribution in [0.15, 0.2) is 10.2 Å². The van der Waals surface area contributed by atoms with Gasteiger partial charge in [-0.1, -0.05) is 11.3 Å². The molecule has 0 aliphatic carbocycles. The molecule has 1 aromatic heterocycles. The summed E-state index contributed by atoms with van der Waals surface area (Å²) in [5.41, 5.74) is 0.668. The average Bonchev–Trinajstić information content (AvgIpc) is 2.65. The number of H-pyrrole nitrogens is 1. The van der Waals surface area contributed by atoms with Gasteiger partial charge < -0.3 is 20.3 Å². The molecule has 0 aromatic carbocycles. The summed E-state index contributed by atoms with van der Waals surface area (Å²) >= 11 is 1.05. The Morgan fingerprint density at radius 3 is 2.83 bits per heavy atom. The van der Waals surface area contributed by atoms with E-state index in [9.17, 15) is 14.4 Å². The van der Waals surface area contributed by atoms with E-state index in [1.54, 1.807) is 10.3 Å². The van der Waals surface area contributed by atoms with Gasteiger partial charge in [0.25, 0.3) is 0 Å². The molecule has 2 amide bonds. The predicted molar refractivity (Wildman–Crippen MR) is 64.5 cm³/mol. The highest BCUT2D eigenvalue weighted by Crippen LogP contribution is 2.18. The third kappa shape index (κ3) is 3.10. The van der Waals surface area contributed by atoms with Gasteiger partial charge in [-0.2, -0.15) is 0 Å². The minimum absolute atomic E-state index is 0.0502. The van der Waals surface area contributed by atoms with E-state index in [1.165, 1.54) is 0 Å². The first-order chi connectivity index (χ1) is 8.54. The maximum absolute atomic E-state index is 11.6. The van der Waals surface area contributed by atoms with E-state index in [0.717, 1.165) is 11.3 Å². The number of likely N-dealkylation sites (tertiary alicyclic amines) is 1. The Bertz CT molecular complexity index is 503. The first kappa shape index (κ1) is 12.6. The van der Waals surface area contributed by atoms with E-state index in [-0.39, 0.29) is 29.8 Å². The van der Waals surface area contributed by atoms with Crippen molar-refractivity contribution >= 4 is 23.3 Å². The molecule has 1 fully saturated rings. The van der Waals surface area contributed by atoms with Gasteiger partial charge in [0.05, 0.1) is 13.0 Å². The molecule has 18 heavy (non-hydrogen) atoms. The van der Waals surface area contributed by atoms with Crippen LogP contribution in [0.4, 0.5) is 4.79 Å². The van der Waals surface area contributed by atoms with Crippen molar-refractivity contribution in [3.8, 4) is 0 Å². The first-order valence-electron chi connectivity index (χ1n) is 5.46. The molecule has 1 aliphatic heterocycles. The van der Waals surface area contributed by atoms with Crippen molar-refractivity contribution in [3.05, 3.63) is 20.7 Å². The van der Waals surface area contributed by atoms with Gasteiger partial charge in [-0.3, -0.25) is 9.59 Å². The highest BCUT2D eigenvalue weighted by molar-refractivity contribution is 7.07. The number of aromatic nitrogens is 1. The van der Waals surface area contributed by atoms with Crippen molar-refractivity contribution in [2.75, 3.05) is 13.1 Å². The van der Waals surface area contributed by atoms with Crippen molar-refractivity contribution in [2.45, 2.75) is 13.0 Å². The van der Waals surface area contributed by atoms with Crippen LogP contribution in [0, 0.1) is 5.92 Å². The number of carboxylic acid groups (broad SMARTS) is 1. The number of carbonyl (C=O) groups excluding carboxylic acids is 1. The standard InChI is InChI=1S/C10H13N3O4S/c14-8(15)1-6-3-13(4-6)9(16)11-2-7-5-18-10(17)12-7/h5-6H,1-4H2,(H,11,16)(H,12,17)(H,14,15). The van der Waals surface area contributed by atoms with Crippen LogP contribution < -0.4 is 10.2 Å². The molecular formula is C10H13N3O4S. The number of aliphatic carboxylic acids is 1. The molecule has 0 atom stereocenters. The first-order valence-corrected chi connectivity index (χ1v) is 6.34. The molecule has 1 saturated heterocycles. The van der Waals surface area contributed by atoms with E-state index < -0.39 is 5.97 Å². The monoisotopic (exact) mass is 271 g/mol. The van der Waals surface area contributed by atoms with Crippen LogP contribution in [0.3, 0.4) is 0 Å². The lowest BCUT2D eigenvalue weighted by Gasteiger charge is -2.38. The second kappa shape index (κ2) is 5.21. The van der Waals surface area contributed by atoms with E-state index >= 15 is 0 Å². The van der Waals surface area contributed by atoms with Crippen LogP contribution in [0.2, 0.25) is 0 Å². The molecule has 2 rings (SSSR count). The highest BCUT2D eigenvalue weighted by Gasteiger charge is 2.31. The lowest BCUT2D eigenvalue weighted by Crippen LogP contribution is -2.54. The minimum Gasteiger partial charge on any atom is -0.481 e. The molecule has 8 heteroatoms. The van der Waals surface area contributed by atoms with E-state index in [2.05, 4.69) is 10.3 Å². The number of aromatic amines is 1. The normalized spacial score (nSPS) is 15.2. The van der Waals surface area contributed by atoms with Crippen molar-refractivity contribution in [1.82, 2.24) is 15.2 Å². The molecule has 0 radical (unpaired) electrons. The highest BCUT2D eigenvalue weighted by atomic mass is 32.1. The summed E-state index contributed by atoms with van der Waals surface area (Å²) in [6, 6.07) is -0.233. The summed E-state index contributed by atoms with van der Waals surface area (Å²) in [6.07, 6.45) is 0.0988. The number of carbonyl (C=O) groups is 2. The van der Waals surface area contributed by atoms with Gasteiger partial charge >= 0.3 is 16.9 Å². The fraction of sp³-hybridized carbons (Fsp3) is 0.500. The molecule has 3 N–H and O–H groups in total. The summed E-state index contributed by atoms with van der Waals surface area (Å²) in [7, 11) is 0. The fourth-order valence-electron chi connectivity index (χ4n) is 1.79. The van der Waals surface area contributed by atoms with E-state index in [4.69, 9.17) is 5.11 Å². The zero-order chi connectivity index (χ0) is 13.1. The Morgan fingerprint density at radius 2 is 2.28 bits per heavy atom. The van der Waals surface area contributed by atoms with Crippen LogP contribution >= 0.6 is 11.3 Å². The van der Waals surface area contributed by atoms with Crippen LogP contribution in [0.25, 0.3) is 0 Å². The van der Waals surface area contributed by atoms with Gasteiger partial charge in [-0.15, -0.1) is 0 Å². The number of hydrogen-bond acceptors (Lipinski definition) is 4. The number of nitrogens with zero attached hydrogens (tertiary/aromatic N) is 1. The van der Waals surface area contributed by atoms with Gasteiger partial charge in [-0.05, 0) is 0 Å². The second-order valence-corrected chi connectivity index (χ2v) is 5.04. The Morgan fingerprint density at radius 1 is 1.56 bits per heavy atom. The van der Waals surface area contributed by atoms with Crippen LogP contribution in [0.5, 0.6) is 0 Å². The Kier molecular flexibility index (Phi) is 3.66. The molecule has 1 aliphatic rings. The van der Waals surface area contributed by atoms with Gasteiger partial charge in [-0.25, -0.2) is 4.79 Å². The molecule has 0 spiro atoms. The number of carboxylic acids is 1. The third-order valence-electron chi connectivity index (χ3n) is 2.71. The van der Waals surface area contributed by atoms with Crippen LogP contribution in [0.1, 0.15) is 12.1 Å². The molecular weight excluding hydrogens is 258 g/mol. The lowest BCUT2D eigenvalue weighted by molar-refractivity contribution is -0.139. The number of hydrogen-bond donors (Lipinski definition) is 3. The minimum atomic E-state index is -0.837. The number of amides is 2. The summed E-state index contributed by atoms with van der Waals surface area (Å²) in [4.78, 5) is 36.9. The average molecular weight is 271 g/mol. The summed E-state index contributed by atoms with van der Waals surface area (Å²) in [6.45, 7) is 1.22. The summed E-state index contributed by atoms with van der Waals surface area (Å²) < 4.78 is 0. The van der Waals surface area contributed by atoms with Gasteiger partial charge in [0.1, 0.15) is 0 Å². The van der Waals surface area contributed by atoms with E-state index in [1.807, 2.05) is 0 Å². The van der Waals surface area contributed by atoms with Gasteiger partial charge in [0.15, 0.2) is 0 Å². The molecule has 0 unspecified atom stereocenters. The maximum Gasteiger partial charge on any atom is 0.317 e. The SMILES string of the molecule is O=C(O)CC1CN(C(=O)NCc2csc(=O)[nH]2)C1. The number of thiazole rings is 1. The summed E-state index contributed by atoms with van der Waals surface area (Å²) in [5, 5.41) is 12.9. The smallest absolute Gasteiger partial charge is 0.317 e. The Hall–Kier alpha value is -1.83. The van der Waals surface area contributed by atoms with Crippen molar-refractivity contribution in [1.29, 1.82) is 0 Å². The van der Waals surface area contributed by atoms with Crippen molar-refractivity contribution in [3.63, 3.8) is 0 Å². The molecule has 0 saturated carbocycles. The molecule has 98 valence electrons. The number of rotatable bonds is 4. The maximum atomic E-state index is 11.6. The van der Waals surface area contributed by atoms with E-state index in [0.29, 0.717) is 18.8 Å². The Balaban J connectivity index is 1.71. The van der Waals surface area contributed by atoms with Crippen LogP contribution in [-0.2, 0) is 11.3 Å². The predicted octanol–water partition coefficient (Wildman–Crippen LogP) is 0.0525. The van der Waals surface area contributed by atoms with Crippen molar-refractivity contribution in [2.24, 2.45) is 5.92 Å². The second-order valence-electron chi connectivity index (χ2n) is 4.20. The van der Waals surface area contributed by atoms with Crippen molar-refractivity contribution < 1.29 is 14.7 Å². The van der Waals surface area contributed by atoms with Gasteiger partial charge in [0.2, 0.25) is 0 Å². The zero-order valence-electron chi connectivity index (χ0n) is 9.51. The molecule has 7 nitrogen and oxygen atoms in total.